The van der Waals surface area contributed by atoms with Crippen LogP contribution in [0.15, 0.2) is 53.6 Å². The average Bonchev–Trinajstić information content (AvgIpc) is 3.27. The van der Waals surface area contributed by atoms with Crippen molar-refractivity contribution in [2.24, 2.45) is 0 Å². The molecular weight excluding hydrogens is 528 g/mol. The summed E-state index contributed by atoms with van der Waals surface area (Å²) in [5.74, 6) is 0. The highest BCUT2D eigenvalue weighted by molar-refractivity contribution is 7.89. The van der Waals surface area contributed by atoms with Gasteiger partial charge in [-0.1, -0.05) is 12.1 Å². The SMILES string of the molecule is CCOC(=O)Nc1ccc(-c2cnc(-c3ccc(NC(=O)OC(C)C)cc3S(=O)(=O)NC(C)(C)C)s2)cc1. The lowest BCUT2D eigenvalue weighted by molar-refractivity contribution is 0.130. The molecule has 0 saturated carbocycles. The molecule has 2 amide bonds. The van der Waals surface area contributed by atoms with Gasteiger partial charge in [-0.15, -0.1) is 11.3 Å². The lowest BCUT2D eigenvalue weighted by atomic mass is 10.1. The van der Waals surface area contributed by atoms with Crippen molar-refractivity contribution in [1.82, 2.24) is 9.71 Å². The van der Waals surface area contributed by atoms with Crippen LogP contribution in [0, 0.1) is 0 Å². The summed E-state index contributed by atoms with van der Waals surface area (Å²) in [5, 5.41) is 5.70. The van der Waals surface area contributed by atoms with Gasteiger partial charge in [-0.05, 0) is 77.4 Å². The number of nitrogens with zero attached hydrogens (tertiary/aromatic N) is 1. The predicted molar refractivity (Wildman–Crippen MR) is 149 cm³/mol. The lowest BCUT2D eigenvalue weighted by Crippen LogP contribution is -2.40. The monoisotopic (exact) mass is 560 g/mol. The Morgan fingerprint density at radius 3 is 2.24 bits per heavy atom. The molecule has 1 heterocycles. The third-order valence-corrected chi connectivity index (χ3v) is 7.61. The molecule has 3 rings (SSSR count). The molecule has 10 nitrogen and oxygen atoms in total. The van der Waals surface area contributed by atoms with E-state index < -0.39 is 27.7 Å². The van der Waals surface area contributed by atoms with Crippen molar-refractivity contribution in [2.45, 2.75) is 58.1 Å². The van der Waals surface area contributed by atoms with Crippen LogP contribution < -0.4 is 15.4 Å². The number of ether oxygens (including phenoxy) is 2. The van der Waals surface area contributed by atoms with Crippen molar-refractivity contribution in [3.63, 3.8) is 0 Å². The molecule has 2 aromatic carbocycles. The van der Waals surface area contributed by atoms with Crippen LogP contribution in [0.1, 0.15) is 41.5 Å². The summed E-state index contributed by atoms with van der Waals surface area (Å²) in [5.41, 5.74) is 1.35. The van der Waals surface area contributed by atoms with E-state index in [1.165, 1.54) is 17.4 Å². The molecule has 3 N–H and O–H groups in total. The molecule has 0 unspecified atom stereocenters. The maximum absolute atomic E-state index is 13.4. The van der Waals surface area contributed by atoms with Crippen LogP contribution in [0.2, 0.25) is 0 Å². The van der Waals surface area contributed by atoms with Crippen LogP contribution in [0.5, 0.6) is 0 Å². The standard InChI is InChI=1S/C26H32N4O6S2/c1-7-35-24(31)28-18-10-8-17(9-11-18)21-15-27-23(37-21)20-13-12-19(29-25(32)36-16(2)3)14-22(20)38(33,34)30-26(4,5)6/h8-16,30H,7H2,1-6H3,(H,28,31)(H,29,32). The minimum Gasteiger partial charge on any atom is -0.450 e. The summed E-state index contributed by atoms with van der Waals surface area (Å²) in [6.07, 6.45) is 0.113. The van der Waals surface area contributed by atoms with E-state index in [1.54, 1.807) is 72.0 Å². The summed E-state index contributed by atoms with van der Waals surface area (Å²) in [4.78, 5) is 29.0. The Kier molecular flexibility index (Phi) is 9.13. The zero-order valence-corrected chi connectivity index (χ0v) is 23.7. The lowest BCUT2D eigenvalue weighted by Gasteiger charge is -2.22. The molecule has 0 aliphatic rings. The van der Waals surface area contributed by atoms with Gasteiger partial charge in [0.05, 0.1) is 22.5 Å². The van der Waals surface area contributed by atoms with E-state index in [0.717, 1.165) is 10.4 Å². The highest BCUT2D eigenvalue weighted by Gasteiger charge is 2.27. The fourth-order valence-electron chi connectivity index (χ4n) is 3.35. The zero-order chi connectivity index (χ0) is 28.1. The second-order valence-electron chi connectivity index (χ2n) is 9.60. The van der Waals surface area contributed by atoms with Crippen molar-refractivity contribution in [2.75, 3.05) is 17.2 Å². The molecule has 0 atom stereocenters. The van der Waals surface area contributed by atoms with E-state index in [2.05, 4.69) is 20.3 Å². The fraction of sp³-hybridized carbons (Fsp3) is 0.346. The Morgan fingerprint density at radius 1 is 1.00 bits per heavy atom. The largest absolute Gasteiger partial charge is 0.450 e. The van der Waals surface area contributed by atoms with Gasteiger partial charge < -0.3 is 9.47 Å². The fourth-order valence-corrected chi connectivity index (χ4v) is 6.03. The Balaban J connectivity index is 1.96. The number of hydrogen-bond acceptors (Lipinski definition) is 8. The topological polar surface area (TPSA) is 136 Å². The molecular formula is C26H32N4O6S2. The summed E-state index contributed by atoms with van der Waals surface area (Å²) in [7, 11) is -3.98. The smallest absolute Gasteiger partial charge is 0.411 e. The summed E-state index contributed by atoms with van der Waals surface area (Å²) >= 11 is 1.32. The van der Waals surface area contributed by atoms with Crippen LogP contribution in [-0.4, -0.2) is 43.8 Å². The van der Waals surface area contributed by atoms with Crippen LogP contribution in [0.3, 0.4) is 0 Å². The number of rotatable bonds is 8. The van der Waals surface area contributed by atoms with Gasteiger partial charge in [0.15, 0.2) is 0 Å². The van der Waals surface area contributed by atoms with Gasteiger partial charge >= 0.3 is 12.2 Å². The Hall–Kier alpha value is -3.48. The second kappa shape index (κ2) is 11.9. The molecule has 3 aromatic rings. The number of benzene rings is 2. The van der Waals surface area contributed by atoms with E-state index >= 15 is 0 Å². The average molecular weight is 561 g/mol. The van der Waals surface area contributed by atoms with Crippen molar-refractivity contribution < 1.29 is 27.5 Å². The Morgan fingerprint density at radius 2 is 1.63 bits per heavy atom. The number of hydrogen-bond donors (Lipinski definition) is 3. The van der Waals surface area contributed by atoms with Gasteiger partial charge in [-0.25, -0.2) is 27.7 Å². The molecule has 38 heavy (non-hydrogen) atoms. The molecule has 0 aliphatic carbocycles. The van der Waals surface area contributed by atoms with E-state index in [4.69, 9.17) is 9.47 Å². The van der Waals surface area contributed by atoms with Crippen molar-refractivity contribution in [3.05, 3.63) is 48.7 Å². The number of carbonyl (C=O) groups excluding carboxylic acids is 2. The van der Waals surface area contributed by atoms with Gasteiger partial charge in [0.25, 0.3) is 0 Å². The molecule has 0 spiro atoms. The number of thiazole rings is 1. The quantitative estimate of drug-likeness (QED) is 0.304. The van der Waals surface area contributed by atoms with E-state index in [9.17, 15) is 18.0 Å². The molecule has 12 heteroatoms. The number of carbonyl (C=O) groups is 2. The van der Waals surface area contributed by atoms with Crippen LogP contribution >= 0.6 is 11.3 Å². The minimum atomic E-state index is -3.98. The van der Waals surface area contributed by atoms with Crippen LogP contribution in [0.4, 0.5) is 21.0 Å². The van der Waals surface area contributed by atoms with Gasteiger partial charge in [-0.2, -0.15) is 0 Å². The van der Waals surface area contributed by atoms with E-state index in [-0.39, 0.29) is 23.3 Å². The van der Waals surface area contributed by atoms with Crippen molar-refractivity contribution >= 4 is 44.9 Å². The summed E-state index contributed by atoms with van der Waals surface area (Å²) < 4.78 is 39.4. The number of anilines is 2. The van der Waals surface area contributed by atoms with Gasteiger partial charge in [0, 0.05) is 28.7 Å². The van der Waals surface area contributed by atoms with Gasteiger partial charge in [0.1, 0.15) is 5.01 Å². The first kappa shape index (κ1) is 29.1. The predicted octanol–water partition coefficient (Wildman–Crippen LogP) is 6.08. The van der Waals surface area contributed by atoms with Crippen molar-refractivity contribution in [3.8, 4) is 21.0 Å². The molecule has 1 aromatic heterocycles. The number of aromatic nitrogens is 1. The first-order valence-corrected chi connectivity index (χ1v) is 14.2. The third kappa shape index (κ3) is 8.01. The molecule has 0 fully saturated rings. The minimum absolute atomic E-state index is 0.0235. The highest BCUT2D eigenvalue weighted by atomic mass is 32.2. The maximum atomic E-state index is 13.4. The number of nitrogens with one attached hydrogen (secondary N) is 3. The molecule has 0 aliphatic heterocycles. The molecule has 204 valence electrons. The van der Waals surface area contributed by atoms with E-state index in [1.807, 2.05) is 12.1 Å². The van der Waals surface area contributed by atoms with Crippen LogP contribution in [-0.2, 0) is 19.5 Å². The maximum Gasteiger partial charge on any atom is 0.411 e. The summed E-state index contributed by atoms with van der Waals surface area (Å²) in [6, 6.07) is 11.7. The number of amides is 2. The molecule has 0 saturated heterocycles. The Labute approximate surface area is 226 Å². The Bertz CT molecular complexity index is 1390. The second-order valence-corrected chi connectivity index (χ2v) is 12.3. The zero-order valence-electron chi connectivity index (χ0n) is 22.1. The normalized spacial score (nSPS) is 11.8. The third-order valence-electron chi connectivity index (χ3n) is 4.73. The van der Waals surface area contributed by atoms with E-state index in [0.29, 0.717) is 16.3 Å². The van der Waals surface area contributed by atoms with Gasteiger partial charge in [0.2, 0.25) is 10.0 Å². The van der Waals surface area contributed by atoms with Crippen LogP contribution in [0.25, 0.3) is 21.0 Å². The summed E-state index contributed by atoms with van der Waals surface area (Å²) in [6.45, 7) is 10.7. The highest BCUT2D eigenvalue weighted by Crippen LogP contribution is 2.37. The first-order chi connectivity index (χ1) is 17.8. The van der Waals surface area contributed by atoms with Gasteiger partial charge in [-0.3, -0.25) is 10.6 Å². The molecule has 0 radical (unpaired) electrons. The number of sulfonamides is 1. The first-order valence-electron chi connectivity index (χ1n) is 11.9. The molecule has 0 bridgehead atoms. The van der Waals surface area contributed by atoms with Crippen molar-refractivity contribution in [1.29, 1.82) is 0 Å².